The first-order valence-corrected chi connectivity index (χ1v) is 4.87. The van der Waals surface area contributed by atoms with Crippen molar-refractivity contribution in [3.8, 4) is 0 Å². The minimum absolute atomic E-state index is 0.498. The SMILES string of the molecule is CC(CCl)CNCc1cn(C)nn1. The van der Waals surface area contributed by atoms with Crippen molar-refractivity contribution in [2.75, 3.05) is 12.4 Å². The van der Waals surface area contributed by atoms with Crippen molar-refractivity contribution in [2.45, 2.75) is 13.5 Å². The highest BCUT2D eigenvalue weighted by Gasteiger charge is 2.00. The molecule has 0 amide bonds. The number of aromatic nitrogens is 3. The first kappa shape index (κ1) is 10.5. The summed E-state index contributed by atoms with van der Waals surface area (Å²) in [6.07, 6.45) is 1.90. The normalized spacial score (nSPS) is 13.2. The molecule has 0 spiro atoms. The topological polar surface area (TPSA) is 42.7 Å². The van der Waals surface area contributed by atoms with E-state index in [0.29, 0.717) is 11.8 Å². The second kappa shape index (κ2) is 5.19. The lowest BCUT2D eigenvalue weighted by molar-refractivity contribution is 0.552. The van der Waals surface area contributed by atoms with Crippen LogP contribution in [0.5, 0.6) is 0 Å². The lowest BCUT2D eigenvalue weighted by atomic mass is 10.2. The Hall–Kier alpha value is -0.610. The minimum atomic E-state index is 0.498. The number of halogens is 1. The Bertz CT molecular complexity index is 248. The van der Waals surface area contributed by atoms with Gasteiger partial charge in [0, 0.05) is 25.7 Å². The number of nitrogens with one attached hydrogen (secondary N) is 1. The van der Waals surface area contributed by atoms with Crippen LogP contribution >= 0.6 is 11.6 Å². The summed E-state index contributed by atoms with van der Waals surface area (Å²) in [5.41, 5.74) is 0.962. The van der Waals surface area contributed by atoms with Crippen molar-refractivity contribution >= 4 is 11.6 Å². The summed E-state index contributed by atoms with van der Waals surface area (Å²) in [6.45, 7) is 3.78. The predicted octanol–water partition coefficient (Wildman–Crippen LogP) is 0.780. The summed E-state index contributed by atoms with van der Waals surface area (Å²) in [7, 11) is 1.86. The number of nitrogens with zero attached hydrogens (tertiary/aromatic N) is 3. The summed E-state index contributed by atoms with van der Waals surface area (Å²) in [5, 5.41) is 11.1. The predicted molar refractivity (Wildman–Crippen MR) is 52.6 cm³/mol. The largest absolute Gasteiger partial charge is 0.311 e. The van der Waals surface area contributed by atoms with Gasteiger partial charge in [-0.3, -0.25) is 4.68 Å². The number of hydrogen-bond donors (Lipinski definition) is 1. The molecule has 0 aliphatic heterocycles. The zero-order valence-corrected chi connectivity index (χ0v) is 8.75. The molecule has 0 aliphatic rings. The highest BCUT2D eigenvalue weighted by atomic mass is 35.5. The summed E-state index contributed by atoms with van der Waals surface area (Å²) >= 11 is 5.67. The van der Waals surface area contributed by atoms with Crippen LogP contribution in [0.3, 0.4) is 0 Å². The van der Waals surface area contributed by atoms with Crippen LogP contribution in [0.25, 0.3) is 0 Å². The Labute approximate surface area is 83.3 Å². The molecule has 0 fully saturated rings. The second-order valence-corrected chi connectivity index (χ2v) is 3.58. The van der Waals surface area contributed by atoms with Crippen LogP contribution in [0.15, 0.2) is 6.20 Å². The van der Waals surface area contributed by atoms with E-state index in [0.717, 1.165) is 18.8 Å². The molecule has 0 aliphatic carbocycles. The fourth-order valence-corrected chi connectivity index (χ4v) is 1.09. The molecule has 1 aromatic heterocycles. The molecule has 0 aromatic carbocycles. The van der Waals surface area contributed by atoms with Crippen molar-refractivity contribution in [3.63, 3.8) is 0 Å². The van der Waals surface area contributed by atoms with Gasteiger partial charge in [-0.25, -0.2) is 0 Å². The number of aryl methyl sites for hydroxylation is 1. The van der Waals surface area contributed by atoms with Crippen LogP contribution < -0.4 is 5.32 Å². The molecular formula is C8H15ClN4. The van der Waals surface area contributed by atoms with Gasteiger partial charge in [-0.15, -0.1) is 16.7 Å². The van der Waals surface area contributed by atoms with E-state index < -0.39 is 0 Å². The first-order chi connectivity index (χ1) is 6.22. The molecule has 4 nitrogen and oxygen atoms in total. The maximum absolute atomic E-state index is 5.67. The average Bonchev–Trinajstić information content (AvgIpc) is 2.51. The fourth-order valence-electron chi connectivity index (χ4n) is 0.977. The highest BCUT2D eigenvalue weighted by molar-refractivity contribution is 6.18. The van der Waals surface area contributed by atoms with Gasteiger partial charge in [0.05, 0.1) is 5.69 Å². The van der Waals surface area contributed by atoms with E-state index in [9.17, 15) is 0 Å². The quantitative estimate of drug-likeness (QED) is 0.718. The van der Waals surface area contributed by atoms with Gasteiger partial charge in [0.1, 0.15) is 0 Å². The molecular weight excluding hydrogens is 188 g/mol. The van der Waals surface area contributed by atoms with Crippen LogP contribution in [0.1, 0.15) is 12.6 Å². The lowest BCUT2D eigenvalue weighted by Crippen LogP contribution is -2.21. The monoisotopic (exact) mass is 202 g/mol. The molecule has 5 heteroatoms. The number of rotatable bonds is 5. The van der Waals surface area contributed by atoms with Crippen molar-refractivity contribution in [3.05, 3.63) is 11.9 Å². The van der Waals surface area contributed by atoms with Gasteiger partial charge in [-0.05, 0) is 12.5 Å². The van der Waals surface area contributed by atoms with E-state index in [1.54, 1.807) is 4.68 Å². The average molecular weight is 203 g/mol. The summed E-state index contributed by atoms with van der Waals surface area (Å²) in [5.74, 6) is 1.19. The van der Waals surface area contributed by atoms with Crippen molar-refractivity contribution in [1.82, 2.24) is 20.3 Å². The molecule has 74 valence electrons. The lowest BCUT2D eigenvalue weighted by Gasteiger charge is -2.06. The van der Waals surface area contributed by atoms with E-state index in [1.165, 1.54) is 0 Å². The van der Waals surface area contributed by atoms with Crippen molar-refractivity contribution in [2.24, 2.45) is 13.0 Å². The maximum Gasteiger partial charge on any atom is 0.0964 e. The van der Waals surface area contributed by atoms with Gasteiger partial charge in [-0.2, -0.15) is 0 Å². The second-order valence-electron chi connectivity index (χ2n) is 3.27. The maximum atomic E-state index is 5.67. The zero-order valence-electron chi connectivity index (χ0n) is 8.00. The Kier molecular flexibility index (Phi) is 4.18. The smallest absolute Gasteiger partial charge is 0.0964 e. The summed E-state index contributed by atoms with van der Waals surface area (Å²) < 4.78 is 1.70. The summed E-state index contributed by atoms with van der Waals surface area (Å²) in [4.78, 5) is 0. The Balaban J connectivity index is 2.20. The van der Waals surface area contributed by atoms with E-state index in [4.69, 9.17) is 11.6 Å². The molecule has 1 unspecified atom stereocenters. The Morgan fingerprint density at radius 2 is 2.46 bits per heavy atom. The molecule has 13 heavy (non-hydrogen) atoms. The van der Waals surface area contributed by atoms with E-state index in [1.807, 2.05) is 13.2 Å². The minimum Gasteiger partial charge on any atom is -0.311 e. The molecule has 0 saturated heterocycles. The van der Waals surface area contributed by atoms with Gasteiger partial charge >= 0.3 is 0 Å². The fraction of sp³-hybridized carbons (Fsp3) is 0.750. The van der Waals surface area contributed by atoms with Crippen molar-refractivity contribution < 1.29 is 0 Å². The van der Waals surface area contributed by atoms with Gasteiger partial charge < -0.3 is 5.32 Å². The first-order valence-electron chi connectivity index (χ1n) is 4.34. The Morgan fingerprint density at radius 1 is 1.69 bits per heavy atom. The third kappa shape index (κ3) is 3.74. The molecule has 1 atom stereocenters. The van der Waals surface area contributed by atoms with E-state index in [-0.39, 0.29) is 0 Å². The number of hydrogen-bond acceptors (Lipinski definition) is 3. The van der Waals surface area contributed by atoms with Gasteiger partial charge in [0.25, 0.3) is 0 Å². The molecule has 0 saturated carbocycles. The zero-order chi connectivity index (χ0) is 9.68. The van der Waals surface area contributed by atoms with Gasteiger partial charge in [-0.1, -0.05) is 12.1 Å². The molecule has 1 rings (SSSR count). The number of alkyl halides is 1. The standard InChI is InChI=1S/C8H15ClN4/c1-7(3-9)4-10-5-8-6-13(2)12-11-8/h6-7,10H,3-5H2,1-2H3. The molecule has 0 radical (unpaired) electrons. The van der Waals surface area contributed by atoms with Crippen molar-refractivity contribution in [1.29, 1.82) is 0 Å². The molecule has 1 heterocycles. The third-order valence-electron chi connectivity index (χ3n) is 1.71. The third-order valence-corrected chi connectivity index (χ3v) is 2.24. The van der Waals surface area contributed by atoms with E-state index >= 15 is 0 Å². The van der Waals surface area contributed by atoms with Crippen LogP contribution in [0, 0.1) is 5.92 Å². The molecule has 0 bridgehead atoms. The molecule has 1 aromatic rings. The highest BCUT2D eigenvalue weighted by Crippen LogP contribution is 1.96. The van der Waals surface area contributed by atoms with E-state index in [2.05, 4.69) is 22.6 Å². The van der Waals surface area contributed by atoms with Crippen LogP contribution in [0.4, 0.5) is 0 Å². The molecule has 1 N–H and O–H groups in total. The summed E-state index contributed by atoms with van der Waals surface area (Å²) in [6, 6.07) is 0. The van der Waals surface area contributed by atoms with Crippen LogP contribution in [-0.2, 0) is 13.6 Å². The van der Waals surface area contributed by atoms with Gasteiger partial charge in [0.2, 0.25) is 0 Å². The van der Waals surface area contributed by atoms with Crippen LogP contribution in [-0.4, -0.2) is 27.4 Å². The van der Waals surface area contributed by atoms with Crippen LogP contribution in [0.2, 0.25) is 0 Å². The van der Waals surface area contributed by atoms with Gasteiger partial charge in [0.15, 0.2) is 0 Å². The Morgan fingerprint density at radius 3 is 3.00 bits per heavy atom.